The molecule has 1 aliphatic rings. The summed E-state index contributed by atoms with van der Waals surface area (Å²) >= 11 is 0. The highest BCUT2D eigenvalue weighted by atomic mass is 16.3. The van der Waals surface area contributed by atoms with E-state index in [4.69, 9.17) is 0 Å². The Bertz CT molecular complexity index is 488. The molecule has 1 saturated carbocycles. The van der Waals surface area contributed by atoms with Crippen LogP contribution in [-0.2, 0) is 9.59 Å². The second kappa shape index (κ2) is 8.80. The van der Waals surface area contributed by atoms with Gasteiger partial charge < -0.3 is 10.2 Å². The van der Waals surface area contributed by atoms with Gasteiger partial charge in [-0.25, -0.2) is 0 Å². The van der Waals surface area contributed by atoms with Crippen molar-refractivity contribution in [3.05, 3.63) is 11.3 Å². The van der Waals surface area contributed by atoms with E-state index in [1.165, 1.54) is 0 Å². The van der Waals surface area contributed by atoms with Crippen LogP contribution >= 0.6 is 0 Å². The first-order valence-corrected chi connectivity index (χ1v) is 9.27. The van der Waals surface area contributed by atoms with Gasteiger partial charge >= 0.3 is 0 Å². The first kappa shape index (κ1) is 20.9. The Morgan fingerprint density at radius 2 is 1.46 bits per heavy atom. The molecular formula is C20H34O4. The molecule has 1 aliphatic carbocycles. The summed E-state index contributed by atoms with van der Waals surface area (Å²) in [4.78, 5) is 25.6. The zero-order valence-electron chi connectivity index (χ0n) is 16.0. The Morgan fingerprint density at radius 1 is 0.917 bits per heavy atom. The van der Waals surface area contributed by atoms with E-state index < -0.39 is 17.9 Å². The summed E-state index contributed by atoms with van der Waals surface area (Å²) in [6.45, 7) is 11.8. The van der Waals surface area contributed by atoms with Crippen LogP contribution < -0.4 is 0 Å². The lowest BCUT2D eigenvalue weighted by atomic mass is 9.83. The van der Waals surface area contributed by atoms with E-state index in [-0.39, 0.29) is 28.8 Å². The monoisotopic (exact) mass is 338 g/mol. The van der Waals surface area contributed by atoms with Crippen molar-refractivity contribution in [1.82, 2.24) is 0 Å². The first-order chi connectivity index (χ1) is 11.1. The van der Waals surface area contributed by atoms with Crippen LogP contribution in [-0.4, -0.2) is 27.9 Å². The lowest BCUT2D eigenvalue weighted by molar-refractivity contribution is -0.124. The fraction of sp³-hybridized carbons (Fsp3) is 0.800. The second-order valence-corrected chi connectivity index (χ2v) is 8.29. The molecular weight excluding hydrogens is 304 g/mol. The van der Waals surface area contributed by atoms with Crippen LogP contribution in [0.1, 0.15) is 67.2 Å². The molecule has 0 aliphatic heterocycles. The van der Waals surface area contributed by atoms with Crippen molar-refractivity contribution in [2.24, 2.45) is 29.6 Å². The van der Waals surface area contributed by atoms with Crippen molar-refractivity contribution in [2.75, 3.05) is 0 Å². The standard InChI is InChI=1S/C20H34O4/c1-11(2)7-9-14-16(15(21)10-8-12(3)4)20(24)17(19(14)23)18(22)13(5)6/h11-16,21-22H,7-10H2,1-6H3. The van der Waals surface area contributed by atoms with Gasteiger partial charge in [-0.05, 0) is 31.1 Å². The average molecular weight is 338 g/mol. The maximum absolute atomic E-state index is 12.8. The number of ketones is 2. The molecule has 4 heteroatoms. The molecule has 1 rings (SSSR count). The van der Waals surface area contributed by atoms with Crippen molar-refractivity contribution in [3.8, 4) is 0 Å². The Labute approximate surface area is 146 Å². The number of hydrogen-bond acceptors (Lipinski definition) is 4. The normalized spacial score (nSPS) is 25.2. The van der Waals surface area contributed by atoms with Gasteiger partial charge in [-0.2, -0.15) is 0 Å². The lowest BCUT2D eigenvalue weighted by Gasteiger charge is -2.23. The zero-order chi connectivity index (χ0) is 18.6. The summed E-state index contributed by atoms with van der Waals surface area (Å²) in [5, 5.41) is 20.8. The summed E-state index contributed by atoms with van der Waals surface area (Å²) < 4.78 is 0. The Hall–Kier alpha value is -1.16. The largest absolute Gasteiger partial charge is 0.511 e. The zero-order valence-corrected chi connectivity index (χ0v) is 16.0. The van der Waals surface area contributed by atoms with Gasteiger partial charge in [0.15, 0.2) is 11.6 Å². The minimum atomic E-state index is -0.821. The highest BCUT2D eigenvalue weighted by Gasteiger charge is 2.49. The van der Waals surface area contributed by atoms with Crippen LogP contribution in [0.25, 0.3) is 0 Å². The van der Waals surface area contributed by atoms with E-state index in [1.54, 1.807) is 13.8 Å². The fourth-order valence-electron chi connectivity index (χ4n) is 3.31. The molecule has 0 aromatic heterocycles. The van der Waals surface area contributed by atoms with Gasteiger partial charge in [-0.15, -0.1) is 0 Å². The molecule has 2 N–H and O–H groups in total. The maximum atomic E-state index is 12.8. The third-order valence-electron chi connectivity index (χ3n) is 4.88. The molecule has 3 atom stereocenters. The van der Waals surface area contributed by atoms with E-state index in [0.717, 1.165) is 12.8 Å². The van der Waals surface area contributed by atoms with Crippen molar-refractivity contribution >= 4 is 11.6 Å². The van der Waals surface area contributed by atoms with E-state index >= 15 is 0 Å². The van der Waals surface area contributed by atoms with Crippen molar-refractivity contribution in [2.45, 2.75) is 73.3 Å². The van der Waals surface area contributed by atoms with Gasteiger partial charge in [0.1, 0.15) is 5.76 Å². The van der Waals surface area contributed by atoms with E-state index in [0.29, 0.717) is 24.7 Å². The number of aliphatic hydroxyl groups excluding tert-OH is 2. The number of rotatable bonds is 8. The van der Waals surface area contributed by atoms with Crippen LogP contribution in [0.2, 0.25) is 0 Å². The van der Waals surface area contributed by atoms with Crippen molar-refractivity contribution in [3.63, 3.8) is 0 Å². The Balaban J connectivity index is 3.12. The van der Waals surface area contributed by atoms with E-state index in [9.17, 15) is 19.8 Å². The van der Waals surface area contributed by atoms with Crippen molar-refractivity contribution in [1.29, 1.82) is 0 Å². The summed E-state index contributed by atoms with van der Waals surface area (Å²) in [5.74, 6) is -1.39. The summed E-state index contributed by atoms with van der Waals surface area (Å²) in [6.07, 6.45) is 1.91. The van der Waals surface area contributed by atoms with E-state index in [2.05, 4.69) is 27.7 Å². The molecule has 24 heavy (non-hydrogen) atoms. The minimum Gasteiger partial charge on any atom is -0.511 e. The highest BCUT2D eigenvalue weighted by molar-refractivity contribution is 6.27. The summed E-state index contributed by atoms with van der Waals surface area (Å²) in [7, 11) is 0. The molecule has 0 saturated heterocycles. The Morgan fingerprint density at radius 3 is 1.92 bits per heavy atom. The average Bonchev–Trinajstić information content (AvgIpc) is 2.72. The molecule has 4 nitrogen and oxygen atoms in total. The van der Waals surface area contributed by atoms with E-state index in [1.807, 2.05) is 0 Å². The molecule has 0 amide bonds. The van der Waals surface area contributed by atoms with Gasteiger partial charge in [-0.1, -0.05) is 48.0 Å². The molecule has 0 heterocycles. The van der Waals surface area contributed by atoms with Gasteiger partial charge in [-0.3, -0.25) is 9.59 Å². The number of carbonyl (C=O) groups is 2. The summed E-state index contributed by atoms with van der Waals surface area (Å²) in [5.41, 5.74) is -0.0626. The fourth-order valence-corrected chi connectivity index (χ4v) is 3.31. The number of carbonyl (C=O) groups excluding carboxylic acids is 2. The smallest absolute Gasteiger partial charge is 0.176 e. The molecule has 0 spiro atoms. The van der Waals surface area contributed by atoms with Gasteiger partial charge in [0.2, 0.25) is 0 Å². The molecule has 138 valence electrons. The molecule has 0 aromatic carbocycles. The van der Waals surface area contributed by atoms with Crippen LogP contribution in [0, 0.1) is 29.6 Å². The molecule has 0 aromatic rings. The number of hydrogen-bond donors (Lipinski definition) is 2. The SMILES string of the molecule is CC(C)CCC(O)C1C(=O)C(=C(O)C(C)C)C(=O)C1CCC(C)C. The van der Waals surface area contributed by atoms with Crippen LogP contribution in [0.4, 0.5) is 0 Å². The molecule has 0 radical (unpaired) electrons. The quantitative estimate of drug-likeness (QED) is 0.397. The molecule has 0 bridgehead atoms. The van der Waals surface area contributed by atoms with Crippen LogP contribution in [0.5, 0.6) is 0 Å². The number of aliphatic hydroxyl groups is 2. The lowest BCUT2D eigenvalue weighted by Crippen LogP contribution is -2.31. The van der Waals surface area contributed by atoms with Gasteiger partial charge in [0, 0.05) is 11.8 Å². The second-order valence-electron chi connectivity index (χ2n) is 8.29. The van der Waals surface area contributed by atoms with Gasteiger partial charge in [0.05, 0.1) is 17.6 Å². The minimum absolute atomic E-state index is 0.0626. The van der Waals surface area contributed by atoms with Gasteiger partial charge in [0.25, 0.3) is 0 Å². The van der Waals surface area contributed by atoms with Crippen LogP contribution in [0.3, 0.4) is 0 Å². The highest BCUT2D eigenvalue weighted by Crippen LogP contribution is 2.39. The predicted octanol–water partition coefficient (Wildman–Crippen LogP) is 4.07. The topological polar surface area (TPSA) is 74.6 Å². The molecule has 1 fully saturated rings. The summed E-state index contributed by atoms with van der Waals surface area (Å²) in [6, 6.07) is 0. The number of Topliss-reactive ketones (excluding diaryl/α,β-unsaturated/α-hetero) is 2. The molecule has 3 unspecified atom stereocenters. The third kappa shape index (κ3) is 4.92. The maximum Gasteiger partial charge on any atom is 0.176 e. The first-order valence-electron chi connectivity index (χ1n) is 9.27. The van der Waals surface area contributed by atoms with Crippen LogP contribution in [0.15, 0.2) is 11.3 Å². The third-order valence-corrected chi connectivity index (χ3v) is 4.88. The number of allylic oxidation sites excluding steroid dienone is 2. The Kier molecular flexibility index (Phi) is 7.65. The van der Waals surface area contributed by atoms with Crippen molar-refractivity contribution < 1.29 is 19.8 Å². The predicted molar refractivity (Wildman–Crippen MR) is 95.6 cm³/mol.